The zero-order chi connectivity index (χ0) is 23.6. The van der Waals surface area contributed by atoms with Crippen LogP contribution < -0.4 is 27.8 Å². The van der Waals surface area contributed by atoms with Gasteiger partial charge >= 0.3 is 5.97 Å². The molecule has 1 aliphatic rings. The van der Waals surface area contributed by atoms with Gasteiger partial charge < -0.3 is 37.8 Å². The summed E-state index contributed by atoms with van der Waals surface area (Å²) in [6.45, 7) is 0.626. The standard InChI is InChI=1S/C18H32N6O6S/c19-6-2-1-4-11(18(29)30)22-16(27)13-5-3-7-24(13)17(28)12(8-14(21)25)23-15(26)10(20)9-31/h10-13,31H,1-9,19-20H2,(H2,21,25)(H,22,27)(H,23,26)(H,29,30). The van der Waals surface area contributed by atoms with Crippen molar-refractivity contribution >= 4 is 42.2 Å². The number of amides is 4. The highest BCUT2D eigenvalue weighted by Crippen LogP contribution is 2.20. The molecule has 9 N–H and O–H groups in total. The minimum absolute atomic E-state index is 0.0266. The Labute approximate surface area is 186 Å². The number of thiol groups is 1. The third-order valence-corrected chi connectivity index (χ3v) is 5.35. The van der Waals surface area contributed by atoms with Crippen molar-refractivity contribution in [2.45, 2.75) is 62.7 Å². The van der Waals surface area contributed by atoms with Crippen LogP contribution in [0.5, 0.6) is 0 Å². The maximum Gasteiger partial charge on any atom is 0.326 e. The number of rotatable bonds is 13. The van der Waals surface area contributed by atoms with E-state index in [1.807, 2.05) is 0 Å². The summed E-state index contributed by atoms with van der Waals surface area (Å²) in [6.07, 6.45) is 1.71. The molecule has 1 heterocycles. The second-order valence-corrected chi connectivity index (χ2v) is 7.76. The molecule has 0 aromatic heterocycles. The van der Waals surface area contributed by atoms with Crippen LogP contribution in [0.1, 0.15) is 38.5 Å². The van der Waals surface area contributed by atoms with Crippen molar-refractivity contribution in [3.8, 4) is 0 Å². The van der Waals surface area contributed by atoms with Crippen LogP contribution in [0.25, 0.3) is 0 Å². The molecule has 31 heavy (non-hydrogen) atoms. The molecule has 1 fully saturated rings. The van der Waals surface area contributed by atoms with Gasteiger partial charge in [-0.1, -0.05) is 0 Å². The summed E-state index contributed by atoms with van der Waals surface area (Å²) in [5, 5.41) is 14.2. The van der Waals surface area contributed by atoms with Gasteiger partial charge in [0.1, 0.15) is 18.1 Å². The predicted molar refractivity (Wildman–Crippen MR) is 115 cm³/mol. The van der Waals surface area contributed by atoms with E-state index in [9.17, 15) is 29.1 Å². The highest BCUT2D eigenvalue weighted by atomic mass is 32.1. The zero-order valence-electron chi connectivity index (χ0n) is 17.3. The molecule has 0 aromatic carbocycles. The summed E-state index contributed by atoms with van der Waals surface area (Å²) < 4.78 is 0. The lowest BCUT2D eigenvalue weighted by Gasteiger charge is -2.29. The van der Waals surface area contributed by atoms with Crippen molar-refractivity contribution < 1.29 is 29.1 Å². The smallest absolute Gasteiger partial charge is 0.326 e. The highest BCUT2D eigenvalue weighted by molar-refractivity contribution is 7.80. The molecule has 0 aliphatic carbocycles. The van der Waals surface area contributed by atoms with Crippen molar-refractivity contribution in [2.24, 2.45) is 17.2 Å². The molecule has 176 valence electrons. The number of nitrogens with zero attached hydrogens (tertiary/aromatic N) is 1. The first-order chi connectivity index (χ1) is 14.6. The molecule has 4 unspecified atom stereocenters. The van der Waals surface area contributed by atoms with Gasteiger partial charge in [0.2, 0.25) is 23.6 Å². The molecule has 1 aliphatic heterocycles. The minimum Gasteiger partial charge on any atom is -0.480 e. The zero-order valence-corrected chi connectivity index (χ0v) is 18.2. The van der Waals surface area contributed by atoms with Gasteiger partial charge in [-0.15, -0.1) is 0 Å². The fourth-order valence-corrected chi connectivity index (χ4v) is 3.45. The van der Waals surface area contributed by atoms with E-state index in [0.717, 1.165) is 0 Å². The molecule has 1 saturated heterocycles. The fraction of sp³-hybridized carbons (Fsp3) is 0.722. The summed E-state index contributed by atoms with van der Waals surface area (Å²) in [6, 6.07) is -4.31. The van der Waals surface area contributed by atoms with E-state index in [4.69, 9.17) is 17.2 Å². The number of likely N-dealkylation sites (tertiary alicyclic amines) is 1. The first-order valence-electron chi connectivity index (χ1n) is 10.1. The summed E-state index contributed by atoms with van der Waals surface area (Å²) in [4.78, 5) is 61.9. The minimum atomic E-state index is -1.29. The Balaban J connectivity index is 2.90. The number of hydrogen-bond acceptors (Lipinski definition) is 8. The molecule has 12 nitrogen and oxygen atoms in total. The third kappa shape index (κ3) is 8.34. The Bertz CT molecular complexity index is 678. The van der Waals surface area contributed by atoms with E-state index < -0.39 is 60.2 Å². The number of carboxylic acids is 1. The van der Waals surface area contributed by atoms with E-state index in [1.54, 1.807) is 0 Å². The molecule has 0 aromatic rings. The lowest BCUT2D eigenvalue weighted by molar-refractivity contribution is -0.145. The Hall–Kier alpha value is -2.38. The summed E-state index contributed by atoms with van der Waals surface area (Å²) in [5.41, 5.74) is 16.2. The molecule has 0 spiro atoms. The first-order valence-corrected chi connectivity index (χ1v) is 10.7. The molecule has 0 radical (unpaired) electrons. The number of aliphatic carboxylic acids is 1. The number of hydrogen-bond donors (Lipinski definition) is 7. The SMILES string of the molecule is NCCCCC(NC(=O)C1CCCN1C(=O)C(CC(N)=O)NC(=O)C(N)CS)C(=O)O. The largest absolute Gasteiger partial charge is 0.480 e. The van der Waals surface area contributed by atoms with Gasteiger partial charge in [0, 0.05) is 12.3 Å². The van der Waals surface area contributed by atoms with Gasteiger partial charge in [-0.3, -0.25) is 19.2 Å². The van der Waals surface area contributed by atoms with Crippen LogP contribution >= 0.6 is 12.6 Å². The van der Waals surface area contributed by atoms with E-state index in [-0.39, 0.29) is 18.7 Å². The number of primary amides is 1. The predicted octanol–water partition coefficient (Wildman–Crippen LogP) is -2.71. The lowest BCUT2D eigenvalue weighted by atomic mass is 10.1. The molecule has 13 heteroatoms. The Morgan fingerprint density at radius 1 is 1.13 bits per heavy atom. The molecule has 4 atom stereocenters. The highest BCUT2D eigenvalue weighted by Gasteiger charge is 2.39. The molecule has 0 saturated carbocycles. The number of carbonyl (C=O) groups excluding carboxylic acids is 4. The summed E-state index contributed by atoms with van der Waals surface area (Å²) in [5.74, 6) is -3.92. The van der Waals surface area contributed by atoms with Crippen LogP contribution in [0.2, 0.25) is 0 Å². The van der Waals surface area contributed by atoms with Gasteiger partial charge in [-0.2, -0.15) is 12.6 Å². The second kappa shape index (κ2) is 13.1. The van der Waals surface area contributed by atoms with E-state index >= 15 is 0 Å². The average Bonchev–Trinajstić information content (AvgIpc) is 3.20. The first kappa shape index (κ1) is 26.7. The van der Waals surface area contributed by atoms with Crippen molar-refractivity contribution in [2.75, 3.05) is 18.8 Å². The van der Waals surface area contributed by atoms with Gasteiger partial charge in [0.15, 0.2) is 0 Å². The van der Waals surface area contributed by atoms with Gasteiger partial charge in [-0.25, -0.2) is 4.79 Å². The lowest BCUT2D eigenvalue weighted by Crippen LogP contribution is -2.57. The number of unbranched alkanes of at least 4 members (excludes halogenated alkanes) is 1. The van der Waals surface area contributed by atoms with Crippen LogP contribution in [0.3, 0.4) is 0 Å². The van der Waals surface area contributed by atoms with Crippen LogP contribution in [-0.4, -0.2) is 82.6 Å². The second-order valence-electron chi connectivity index (χ2n) is 7.39. The summed E-state index contributed by atoms with van der Waals surface area (Å²) in [7, 11) is 0. The van der Waals surface area contributed by atoms with Crippen molar-refractivity contribution in [1.29, 1.82) is 0 Å². The molecular formula is C18H32N6O6S. The quantitative estimate of drug-likeness (QED) is 0.113. The Morgan fingerprint density at radius 3 is 2.35 bits per heavy atom. The maximum absolute atomic E-state index is 13.0. The van der Waals surface area contributed by atoms with Gasteiger partial charge in [-0.05, 0) is 38.6 Å². The normalized spacial score (nSPS) is 18.7. The topological polar surface area (TPSA) is 211 Å². The van der Waals surface area contributed by atoms with E-state index in [2.05, 4.69) is 23.3 Å². The van der Waals surface area contributed by atoms with Crippen LogP contribution in [0.15, 0.2) is 0 Å². The van der Waals surface area contributed by atoms with Crippen LogP contribution in [0, 0.1) is 0 Å². The average molecular weight is 461 g/mol. The summed E-state index contributed by atoms with van der Waals surface area (Å²) >= 11 is 3.93. The van der Waals surface area contributed by atoms with E-state index in [1.165, 1.54) is 4.90 Å². The molecular weight excluding hydrogens is 428 g/mol. The number of carboxylic acid groups (broad SMARTS) is 1. The molecule has 1 rings (SSSR count). The van der Waals surface area contributed by atoms with Crippen molar-refractivity contribution in [1.82, 2.24) is 15.5 Å². The number of nitrogens with one attached hydrogen (secondary N) is 2. The van der Waals surface area contributed by atoms with Crippen LogP contribution in [-0.2, 0) is 24.0 Å². The van der Waals surface area contributed by atoms with Crippen molar-refractivity contribution in [3.63, 3.8) is 0 Å². The molecule has 0 bridgehead atoms. The fourth-order valence-electron chi connectivity index (χ4n) is 3.28. The van der Waals surface area contributed by atoms with Crippen molar-refractivity contribution in [3.05, 3.63) is 0 Å². The van der Waals surface area contributed by atoms with Crippen LogP contribution in [0.4, 0.5) is 0 Å². The number of nitrogens with two attached hydrogens (primary N) is 3. The Morgan fingerprint density at radius 2 is 1.81 bits per heavy atom. The third-order valence-electron chi connectivity index (χ3n) is 4.95. The molecule has 4 amide bonds. The Kier molecular flexibility index (Phi) is 11.3. The maximum atomic E-state index is 13.0. The monoisotopic (exact) mass is 460 g/mol. The van der Waals surface area contributed by atoms with Gasteiger partial charge in [0.25, 0.3) is 0 Å². The van der Waals surface area contributed by atoms with Gasteiger partial charge in [0.05, 0.1) is 12.5 Å². The van der Waals surface area contributed by atoms with E-state index in [0.29, 0.717) is 32.2 Å². The number of carbonyl (C=O) groups is 5.